The first kappa shape index (κ1) is 13.0. The van der Waals surface area contributed by atoms with Crippen molar-refractivity contribution >= 4 is 17.7 Å². The van der Waals surface area contributed by atoms with E-state index < -0.39 is 5.97 Å². The van der Waals surface area contributed by atoms with E-state index in [-0.39, 0.29) is 0 Å². The molecule has 0 heterocycles. The Kier molecular flexibility index (Phi) is 5.01. The molecule has 0 unspecified atom stereocenters. The van der Waals surface area contributed by atoms with E-state index >= 15 is 0 Å². The van der Waals surface area contributed by atoms with Crippen LogP contribution in [-0.2, 0) is 4.79 Å². The fourth-order valence-electron chi connectivity index (χ4n) is 1.54. The summed E-state index contributed by atoms with van der Waals surface area (Å²) in [7, 11) is 0. The average Bonchev–Trinajstić information content (AvgIpc) is 2.34. The van der Waals surface area contributed by atoms with Crippen LogP contribution in [0.25, 0.3) is 6.08 Å². The normalized spacial score (nSPS) is 10.4. The van der Waals surface area contributed by atoms with Crippen LogP contribution < -0.4 is 4.90 Å². The lowest BCUT2D eigenvalue weighted by atomic mass is 10.2. The number of likely N-dealkylation sites (N-methyl/N-ethyl adjacent to an activating group) is 1. The topological polar surface area (TPSA) is 40.5 Å². The second-order valence-corrected chi connectivity index (χ2v) is 3.59. The van der Waals surface area contributed by atoms with Gasteiger partial charge in [-0.25, -0.2) is 4.79 Å². The molecule has 0 aliphatic heterocycles. The molecule has 0 bridgehead atoms. The van der Waals surface area contributed by atoms with Crippen molar-refractivity contribution in [3.8, 4) is 0 Å². The number of carbonyl (C=O) groups is 1. The number of carboxylic acids is 1. The summed E-state index contributed by atoms with van der Waals surface area (Å²) in [6.45, 7) is 7.53. The van der Waals surface area contributed by atoms with E-state index in [4.69, 9.17) is 5.11 Å². The lowest BCUT2D eigenvalue weighted by Crippen LogP contribution is -2.22. The monoisotopic (exact) mass is 231 g/mol. The highest BCUT2D eigenvalue weighted by Gasteiger charge is 2.00. The van der Waals surface area contributed by atoms with E-state index in [1.807, 2.05) is 30.3 Å². The van der Waals surface area contributed by atoms with Gasteiger partial charge in [0.15, 0.2) is 0 Å². The zero-order valence-corrected chi connectivity index (χ0v) is 9.97. The van der Waals surface area contributed by atoms with Crippen molar-refractivity contribution in [1.29, 1.82) is 0 Å². The number of nitrogens with zero attached hydrogens (tertiary/aromatic N) is 1. The van der Waals surface area contributed by atoms with Gasteiger partial charge in [0.25, 0.3) is 0 Å². The molecule has 0 radical (unpaired) electrons. The lowest BCUT2D eigenvalue weighted by Gasteiger charge is -2.21. The third-order valence-electron chi connectivity index (χ3n) is 2.41. The molecule has 0 spiro atoms. The van der Waals surface area contributed by atoms with Gasteiger partial charge in [-0.2, -0.15) is 0 Å². The predicted octanol–water partition coefficient (Wildman–Crippen LogP) is 2.80. The van der Waals surface area contributed by atoms with Gasteiger partial charge in [-0.05, 0) is 30.7 Å². The Morgan fingerprint density at radius 1 is 1.41 bits per heavy atom. The maximum atomic E-state index is 10.4. The third kappa shape index (κ3) is 4.15. The van der Waals surface area contributed by atoms with Crippen LogP contribution in [0.5, 0.6) is 0 Å². The summed E-state index contributed by atoms with van der Waals surface area (Å²) < 4.78 is 0. The molecule has 1 rings (SSSR count). The van der Waals surface area contributed by atoms with Gasteiger partial charge in [0.2, 0.25) is 0 Å². The van der Waals surface area contributed by atoms with Crippen molar-refractivity contribution in [2.24, 2.45) is 0 Å². The number of rotatable bonds is 6. The fourth-order valence-corrected chi connectivity index (χ4v) is 1.54. The van der Waals surface area contributed by atoms with Crippen LogP contribution in [0, 0.1) is 0 Å². The SMILES string of the molecule is C=CCN(CC)c1ccc(/C=C/C(=O)O)cc1. The minimum Gasteiger partial charge on any atom is -0.478 e. The van der Waals surface area contributed by atoms with Crippen molar-refractivity contribution < 1.29 is 9.90 Å². The van der Waals surface area contributed by atoms with Crippen molar-refractivity contribution in [2.45, 2.75) is 6.92 Å². The highest BCUT2D eigenvalue weighted by molar-refractivity contribution is 5.85. The average molecular weight is 231 g/mol. The molecule has 0 aromatic heterocycles. The summed E-state index contributed by atoms with van der Waals surface area (Å²) in [5.74, 6) is -0.934. The first-order chi connectivity index (χ1) is 8.17. The van der Waals surface area contributed by atoms with Crippen molar-refractivity contribution in [2.75, 3.05) is 18.0 Å². The van der Waals surface area contributed by atoms with Crippen molar-refractivity contribution in [1.82, 2.24) is 0 Å². The Balaban J connectivity index is 2.79. The number of benzene rings is 1. The largest absolute Gasteiger partial charge is 0.478 e. The van der Waals surface area contributed by atoms with Gasteiger partial charge >= 0.3 is 5.97 Å². The summed E-state index contributed by atoms with van der Waals surface area (Å²) in [6, 6.07) is 7.77. The molecule has 0 aliphatic carbocycles. The maximum Gasteiger partial charge on any atom is 0.328 e. The van der Waals surface area contributed by atoms with E-state index in [1.165, 1.54) is 0 Å². The maximum absolute atomic E-state index is 10.4. The van der Waals surface area contributed by atoms with Crippen LogP contribution in [0.1, 0.15) is 12.5 Å². The first-order valence-corrected chi connectivity index (χ1v) is 5.54. The summed E-state index contributed by atoms with van der Waals surface area (Å²) in [6.07, 6.45) is 4.58. The van der Waals surface area contributed by atoms with Gasteiger partial charge in [-0.1, -0.05) is 18.2 Å². The van der Waals surface area contributed by atoms with Gasteiger partial charge in [-0.3, -0.25) is 0 Å². The van der Waals surface area contributed by atoms with Gasteiger partial charge < -0.3 is 10.0 Å². The van der Waals surface area contributed by atoms with Gasteiger partial charge in [-0.15, -0.1) is 6.58 Å². The van der Waals surface area contributed by atoms with Crippen LogP contribution in [-0.4, -0.2) is 24.2 Å². The molecule has 90 valence electrons. The summed E-state index contributed by atoms with van der Waals surface area (Å²) in [4.78, 5) is 12.6. The van der Waals surface area contributed by atoms with Crippen LogP contribution in [0.2, 0.25) is 0 Å². The molecule has 1 aromatic rings. The molecule has 0 saturated carbocycles. The molecule has 3 nitrogen and oxygen atoms in total. The second kappa shape index (κ2) is 6.53. The van der Waals surface area contributed by atoms with Crippen LogP contribution in [0.3, 0.4) is 0 Å². The summed E-state index contributed by atoms with van der Waals surface area (Å²) in [5, 5.41) is 8.52. The second-order valence-electron chi connectivity index (χ2n) is 3.59. The Bertz CT molecular complexity index is 407. The van der Waals surface area contributed by atoms with Gasteiger partial charge in [0.05, 0.1) is 0 Å². The van der Waals surface area contributed by atoms with Crippen LogP contribution >= 0.6 is 0 Å². The highest BCUT2D eigenvalue weighted by Crippen LogP contribution is 2.15. The van der Waals surface area contributed by atoms with Gasteiger partial charge in [0.1, 0.15) is 0 Å². The Morgan fingerprint density at radius 2 is 2.06 bits per heavy atom. The number of hydrogen-bond donors (Lipinski definition) is 1. The minimum atomic E-state index is -0.934. The summed E-state index contributed by atoms with van der Waals surface area (Å²) in [5.41, 5.74) is 1.99. The molecule has 0 saturated heterocycles. The van der Waals surface area contributed by atoms with E-state index in [2.05, 4.69) is 18.4 Å². The molecule has 17 heavy (non-hydrogen) atoms. The highest BCUT2D eigenvalue weighted by atomic mass is 16.4. The first-order valence-electron chi connectivity index (χ1n) is 5.54. The van der Waals surface area contributed by atoms with Crippen molar-refractivity contribution in [3.63, 3.8) is 0 Å². The Hall–Kier alpha value is -2.03. The fraction of sp³-hybridized carbons (Fsp3) is 0.214. The quantitative estimate of drug-likeness (QED) is 0.604. The van der Waals surface area contributed by atoms with Crippen molar-refractivity contribution in [3.05, 3.63) is 48.6 Å². The molecule has 0 amide bonds. The third-order valence-corrected chi connectivity index (χ3v) is 2.41. The molecule has 1 N–H and O–H groups in total. The number of carboxylic acid groups (broad SMARTS) is 1. The summed E-state index contributed by atoms with van der Waals surface area (Å²) >= 11 is 0. The zero-order chi connectivity index (χ0) is 12.7. The minimum absolute atomic E-state index is 0.806. The zero-order valence-electron chi connectivity index (χ0n) is 9.97. The standard InChI is InChI=1S/C14H17NO2/c1-3-11-15(4-2)13-8-5-12(6-9-13)7-10-14(16)17/h3,5-10H,1,4,11H2,2H3,(H,16,17)/b10-7+. The predicted molar refractivity (Wildman–Crippen MR) is 71.2 cm³/mol. The van der Waals surface area contributed by atoms with Crippen LogP contribution in [0.15, 0.2) is 43.0 Å². The molecule has 0 atom stereocenters. The molecule has 0 fully saturated rings. The number of anilines is 1. The smallest absolute Gasteiger partial charge is 0.328 e. The Labute approximate surface area is 102 Å². The lowest BCUT2D eigenvalue weighted by molar-refractivity contribution is -0.131. The molecular formula is C14H17NO2. The van der Waals surface area contributed by atoms with E-state index in [1.54, 1.807) is 6.08 Å². The molecular weight excluding hydrogens is 214 g/mol. The number of aliphatic carboxylic acids is 1. The Morgan fingerprint density at radius 3 is 2.53 bits per heavy atom. The van der Waals surface area contributed by atoms with E-state index in [0.717, 1.165) is 30.4 Å². The molecule has 1 aromatic carbocycles. The molecule has 0 aliphatic rings. The molecule has 3 heteroatoms. The van der Waals surface area contributed by atoms with Gasteiger partial charge in [0, 0.05) is 24.9 Å². The van der Waals surface area contributed by atoms with E-state index in [0.29, 0.717) is 0 Å². The van der Waals surface area contributed by atoms with E-state index in [9.17, 15) is 4.79 Å². The number of hydrogen-bond acceptors (Lipinski definition) is 2. The van der Waals surface area contributed by atoms with Crippen LogP contribution in [0.4, 0.5) is 5.69 Å².